The Bertz CT molecular complexity index is 436. The number of carbonyl (C=O) groups is 1. The lowest BCUT2D eigenvalue weighted by Crippen LogP contribution is -2.66. The number of carbonyl (C=O) groups excluding carboxylic acids is 1. The Morgan fingerprint density at radius 3 is 3.11 bits per heavy atom. The van der Waals surface area contributed by atoms with E-state index in [-0.39, 0.29) is 11.5 Å². The lowest BCUT2D eigenvalue weighted by atomic mass is 9.79. The second-order valence-corrected chi connectivity index (χ2v) is 5.32. The zero-order valence-electron chi connectivity index (χ0n) is 11.1. The largest absolute Gasteiger partial charge is 0.459 e. The van der Waals surface area contributed by atoms with Crippen LogP contribution < -0.4 is 0 Å². The molecule has 1 aromatic rings. The summed E-state index contributed by atoms with van der Waals surface area (Å²) in [5, 5.41) is 0. The fraction of sp³-hybridized carbons (Fsp3) is 0.643. The van der Waals surface area contributed by atoms with Gasteiger partial charge in [-0.25, -0.2) is 0 Å². The Morgan fingerprint density at radius 2 is 2.42 bits per heavy atom. The number of nitrogens with zero attached hydrogens (tertiary/aromatic N) is 1. The molecule has 19 heavy (non-hydrogen) atoms. The Morgan fingerprint density at radius 1 is 1.58 bits per heavy atom. The average Bonchev–Trinajstić information content (AvgIpc) is 3.02. The smallest absolute Gasteiger partial charge is 0.289 e. The van der Waals surface area contributed by atoms with Crippen molar-refractivity contribution in [3.05, 3.63) is 24.2 Å². The number of amides is 1. The molecule has 1 spiro atoms. The third-order valence-corrected chi connectivity index (χ3v) is 4.21. The van der Waals surface area contributed by atoms with E-state index < -0.39 is 0 Å². The van der Waals surface area contributed by atoms with Gasteiger partial charge in [0.1, 0.15) is 5.60 Å². The highest BCUT2D eigenvalue weighted by Gasteiger charge is 2.54. The molecule has 0 unspecified atom stereocenters. The third-order valence-electron chi connectivity index (χ3n) is 4.21. The summed E-state index contributed by atoms with van der Waals surface area (Å²) in [6, 6.07) is 3.43. The maximum Gasteiger partial charge on any atom is 0.289 e. The van der Waals surface area contributed by atoms with Gasteiger partial charge < -0.3 is 18.8 Å². The normalized spacial score (nSPS) is 24.7. The molecule has 0 N–H and O–H groups in total. The lowest BCUT2D eigenvalue weighted by Gasteiger charge is -2.50. The first-order valence-corrected chi connectivity index (χ1v) is 6.71. The second kappa shape index (κ2) is 4.98. The van der Waals surface area contributed by atoms with Crippen molar-refractivity contribution >= 4 is 5.91 Å². The van der Waals surface area contributed by atoms with Gasteiger partial charge in [0, 0.05) is 20.3 Å². The van der Waals surface area contributed by atoms with Gasteiger partial charge in [-0.05, 0) is 30.9 Å². The van der Waals surface area contributed by atoms with Crippen LogP contribution in [0.4, 0.5) is 0 Å². The summed E-state index contributed by atoms with van der Waals surface area (Å²) < 4.78 is 16.2. The average molecular weight is 265 g/mol. The molecule has 2 aliphatic rings. The van der Waals surface area contributed by atoms with Crippen LogP contribution in [0.5, 0.6) is 0 Å². The Hall–Kier alpha value is -1.33. The van der Waals surface area contributed by atoms with Gasteiger partial charge in [-0.1, -0.05) is 0 Å². The van der Waals surface area contributed by atoms with Crippen LogP contribution in [0, 0.1) is 5.92 Å². The SMILES string of the molecule is COCC[C@H]1CCOC12CN(C(=O)c1ccco1)C2. The topological polar surface area (TPSA) is 51.9 Å². The highest BCUT2D eigenvalue weighted by atomic mass is 16.5. The van der Waals surface area contributed by atoms with Gasteiger partial charge in [0.2, 0.25) is 0 Å². The van der Waals surface area contributed by atoms with E-state index in [1.165, 1.54) is 6.26 Å². The van der Waals surface area contributed by atoms with E-state index in [0.717, 1.165) is 26.1 Å². The van der Waals surface area contributed by atoms with Crippen LogP contribution >= 0.6 is 0 Å². The third kappa shape index (κ3) is 2.17. The second-order valence-electron chi connectivity index (χ2n) is 5.32. The van der Waals surface area contributed by atoms with Gasteiger partial charge in [-0.15, -0.1) is 0 Å². The molecule has 3 heterocycles. The number of hydrogen-bond donors (Lipinski definition) is 0. The predicted molar refractivity (Wildman–Crippen MR) is 67.9 cm³/mol. The number of ether oxygens (including phenoxy) is 2. The molecule has 1 atom stereocenters. The summed E-state index contributed by atoms with van der Waals surface area (Å²) in [6.45, 7) is 2.88. The summed E-state index contributed by atoms with van der Waals surface area (Å²) in [5.41, 5.74) is -0.138. The predicted octanol–water partition coefficient (Wildman–Crippen LogP) is 1.55. The number of likely N-dealkylation sites (tertiary alicyclic amines) is 1. The monoisotopic (exact) mass is 265 g/mol. The highest BCUT2D eigenvalue weighted by Crippen LogP contribution is 2.42. The first-order valence-electron chi connectivity index (χ1n) is 6.71. The standard InChI is InChI=1S/C14H19NO4/c1-17-7-4-11-5-8-19-14(11)9-15(10-14)13(16)12-3-2-6-18-12/h2-3,6,11H,4-5,7-10H2,1H3/t11-/m0/s1. The molecular weight excluding hydrogens is 246 g/mol. The van der Waals surface area contributed by atoms with Crippen molar-refractivity contribution in [3.63, 3.8) is 0 Å². The Balaban J connectivity index is 1.60. The minimum Gasteiger partial charge on any atom is -0.459 e. The van der Waals surface area contributed by atoms with Crippen LogP contribution in [0.2, 0.25) is 0 Å². The molecule has 5 heteroatoms. The van der Waals surface area contributed by atoms with E-state index in [2.05, 4.69) is 0 Å². The van der Waals surface area contributed by atoms with Crippen LogP contribution in [0.25, 0.3) is 0 Å². The van der Waals surface area contributed by atoms with Gasteiger partial charge in [0.05, 0.1) is 19.4 Å². The zero-order chi connectivity index (χ0) is 13.3. The summed E-state index contributed by atoms with van der Waals surface area (Å²) in [4.78, 5) is 13.9. The Labute approximate surface area is 112 Å². The van der Waals surface area contributed by atoms with Gasteiger partial charge in [-0.3, -0.25) is 4.79 Å². The summed E-state index contributed by atoms with van der Waals surface area (Å²) >= 11 is 0. The van der Waals surface area contributed by atoms with E-state index in [0.29, 0.717) is 24.8 Å². The number of furan rings is 1. The molecule has 1 amide bonds. The molecule has 2 fully saturated rings. The molecule has 0 aliphatic carbocycles. The molecule has 0 aromatic carbocycles. The van der Waals surface area contributed by atoms with Crippen molar-refractivity contribution in [3.8, 4) is 0 Å². The zero-order valence-corrected chi connectivity index (χ0v) is 11.1. The molecule has 2 aliphatic heterocycles. The van der Waals surface area contributed by atoms with Crippen molar-refractivity contribution in [2.45, 2.75) is 18.4 Å². The van der Waals surface area contributed by atoms with Crippen LogP contribution in [0.15, 0.2) is 22.8 Å². The highest BCUT2D eigenvalue weighted by molar-refractivity contribution is 5.92. The fourth-order valence-corrected chi connectivity index (χ4v) is 3.10. The summed E-state index contributed by atoms with van der Waals surface area (Å²) in [7, 11) is 1.72. The van der Waals surface area contributed by atoms with Crippen molar-refractivity contribution < 1.29 is 18.7 Å². The van der Waals surface area contributed by atoms with E-state index in [9.17, 15) is 4.79 Å². The van der Waals surface area contributed by atoms with E-state index in [1.54, 1.807) is 24.1 Å². The number of methoxy groups -OCH3 is 1. The number of rotatable bonds is 4. The van der Waals surface area contributed by atoms with Crippen molar-refractivity contribution in [1.82, 2.24) is 4.90 Å². The van der Waals surface area contributed by atoms with Crippen molar-refractivity contribution in [2.24, 2.45) is 5.92 Å². The molecule has 2 saturated heterocycles. The minimum atomic E-state index is -0.138. The molecule has 0 radical (unpaired) electrons. The number of hydrogen-bond acceptors (Lipinski definition) is 4. The van der Waals surface area contributed by atoms with Crippen LogP contribution in [-0.4, -0.2) is 49.8 Å². The van der Waals surface area contributed by atoms with Gasteiger partial charge in [0.25, 0.3) is 5.91 Å². The fourth-order valence-electron chi connectivity index (χ4n) is 3.10. The quantitative estimate of drug-likeness (QED) is 0.828. The minimum absolute atomic E-state index is 0.0448. The maximum absolute atomic E-state index is 12.1. The molecule has 104 valence electrons. The summed E-state index contributed by atoms with van der Waals surface area (Å²) in [5.74, 6) is 0.853. The summed E-state index contributed by atoms with van der Waals surface area (Å²) in [6.07, 6.45) is 3.58. The van der Waals surface area contributed by atoms with Crippen LogP contribution in [0.3, 0.4) is 0 Å². The van der Waals surface area contributed by atoms with E-state index >= 15 is 0 Å². The molecule has 0 saturated carbocycles. The van der Waals surface area contributed by atoms with Gasteiger partial charge in [-0.2, -0.15) is 0 Å². The molecule has 3 rings (SSSR count). The molecule has 5 nitrogen and oxygen atoms in total. The van der Waals surface area contributed by atoms with Gasteiger partial charge >= 0.3 is 0 Å². The van der Waals surface area contributed by atoms with E-state index in [1.807, 2.05) is 0 Å². The molecule has 1 aromatic heterocycles. The van der Waals surface area contributed by atoms with E-state index in [4.69, 9.17) is 13.9 Å². The van der Waals surface area contributed by atoms with Gasteiger partial charge in [0.15, 0.2) is 5.76 Å². The van der Waals surface area contributed by atoms with Crippen LogP contribution in [0.1, 0.15) is 23.4 Å². The lowest BCUT2D eigenvalue weighted by molar-refractivity contribution is -0.120. The molecule has 0 bridgehead atoms. The maximum atomic E-state index is 12.1. The first kappa shape index (κ1) is 12.7. The first-order chi connectivity index (χ1) is 9.25. The van der Waals surface area contributed by atoms with Crippen LogP contribution in [-0.2, 0) is 9.47 Å². The molecular formula is C14H19NO4. The van der Waals surface area contributed by atoms with Crippen molar-refractivity contribution in [1.29, 1.82) is 0 Å². The Kier molecular flexibility index (Phi) is 3.33. The van der Waals surface area contributed by atoms with Crippen molar-refractivity contribution in [2.75, 3.05) is 33.4 Å².